The first-order chi connectivity index (χ1) is 32.7. The fraction of sp³-hybridized carbons (Fsp3) is 0.294. The fourth-order valence-electron chi connectivity index (χ4n) is 8.43. The number of nitriles is 2. The summed E-state index contributed by atoms with van der Waals surface area (Å²) in [6.45, 7) is 16.6. The Balaban J connectivity index is 0.000000156. The first-order valence-corrected chi connectivity index (χ1v) is 22.4. The molecule has 4 N–H and O–H groups in total. The van der Waals surface area contributed by atoms with Gasteiger partial charge in [-0.2, -0.15) is 20.7 Å². The maximum absolute atomic E-state index is 13.0. The van der Waals surface area contributed by atoms with E-state index < -0.39 is 11.7 Å². The van der Waals surface area contributed by atoms with E-state index in [2.05, 4.69) is 72.0 Å². The van der Waals surface area contributed by atoms with Gasteiger partial charge in [-0.1, -0.05) is 6.07 Å². The van der Waals surface area contributed by atoms with E-state index in [0.717, 1.165) is 109 Å². The van der Waals surface area contributed by atoms with Crippen LogP contribution >= 0.6 is 0 Å². The lowest BCUT2D eigenvalue weighted by Gasteiger charge is -2.34. The number of nitrogens with zero attached hydrogens (tertiary/aromatic N) is 8. The van der Waals surface area contributed by atoms with Gasteiger partial charge >= 0.3 is 6.09 Å². The number of rotatable bonds is 5. The lowest BCUT2D eigenvalue weighted by molar-refractivity contribution is -0.131. The number of benzene rings is 4. The first kappa shape index (κ1) is 46.4. The summed E-state index contributed by atoms with van der Waals surface area (Å²) < 4.78 is 7.07. The minimum atomic E-state index is -0.678. The van der Waals surface area contributed by atoms with Crippen LogP contribution in [0.3, 0.4) is 0 Å². The molecule has 0 saturated carbocycles. The minimum absolute atomic E-state index is 0.158. The Morgan fingerprint density at radius 1 is 0.706 bits per heavy atom. The lowest BCUT2D eigenvalue weighted by Crippen LogP contribution is -2.47. The number of piperazine rings is 2. The number of amides is 2. The summed E-state index contributed by atoms with van der Waals surface area (Å²) in [7, 11) is 0. The van der Waals surface area contributed by atoms with Crippen molar-refractivity contribution in [2.24, 2.45) is 0 Å². The number of aromatic nitrogens is 6. The van der Waals surface area contributed by atoms with Crippen molar-refractivity contribution >= 4 is 67.8 Å². The fourth-order valence-corrected chi connectivity index (χ4v) is 8.43. The molecule has 2 fully saturated rings. The maximum Gasteiger partial charge on any atom is 0.419 e. The minimum Gasteiger partial charge on any atom is -0.443 e. The second-order valence-electron chi connectivity index (χ2n) is 17.8. The molecule has 0 bridgehead atoms. The zero-order valence-corrected chi connectivity index (χ0v) is 38.6. The van der Waals surface area contributed by atoms with Crippen LogP contribution in [0.5, 0.6) is 0 Å². The molecule has 0 spiro atoms. The van der Waals surface area contributed by atoms with E-state index in [9.17, 15) is 19.2 Å². The van der Waals surface area contributed by atoms with Crippen LogP contribution in [0.4, 0.5) is 4.79 Å². The van der Waals surface area contributed by atoms with Crippen molar-refractivity contribution in [3.8, 4) is 34.9 Å². The quantitative estimate of drug-likeness (QED) is 0.125. The Labute approximate surface area is 392 Å². The van der Waals surface area contributed by atoms with Crippen molar-refractivity contribution < 1.29 is 23.9 Å². The average Bonchev–Trinajstić information content (AvgIpc) is 4.14. The van der Waals surface area contributed by atoms with Crippen LogP contribution in [-0.4, -0.2) is 127 Å². The van der Waals surface area contributed by atoms with Crippen LogP contribution in [0, 0.1) is 22.7 Å². The van der Waals surface area contributed by atoms with Gasteiger partial charge in [0, 0.05) is 105 Å². The molecule has 0 atom stereocenters. The number of nitrogens with one attached hydrogen (secondary N) is 4. The normalized spacial score (nSPS) is 14.2. The molecule has 8 aromatic rings. The molecule has 2 aliphatic heterocycles. The van der Waals surface area contributed by atoms with E-state index in [1.165, 1.54) is 10.1 Å². The van der Waals surface area contributed by atoms with Crippen molar-refractivity contribution in [1.29, 1.82) is 10.5 Å². The van der Waals surface area contributed by atoms with E-state index in [-0.39, 0.29) is 11.8 Å². The van der Waals surface area contributed by atoms with E-state index in [4.69, 9.17) is 15.3 Å². The number of carbonyl (C=O) groups excluding carboxylic acids is 4. The molecule has 0 unspecified atom stereocenters. The summed E-state index contributed by atoms with van der Waals surface area (Å²) in [5, 5.41) is 39.8. The van der Waals surface area contributed by atoms with Gasteiger partial charge in [-0.05, 0) is 105 Å². The number of H-pyrrole nitrogens is 3. The number of aldehydes is 1. The molecule has 68 heavy (non-hydrogen) atoms. The highest BCUT2D eigenvalue weighted by Gasteiger charge is 2.25. The van der Waals surface area contributed by atoms with Gasteiger partial charge in [-0.25, -0.2) is 9.36 Å². The Morgan fingerprint density at radius 2 is 1.32 bits per heavy atom. The van der Waals surface area contributed by atoms with Crippen molar-refractivity contribution in [3.63, 3.8) is 0 Å². The Bertz CT molecular complexity index is 3270. The Morgan fingerprint density at radius 3 is 1.91 bits per heavy atom. The Kier molecular flexibility index (Phi) is 13.5. The van der Waals surface area contributed by atoms with Crippen LogP contribution in [0.2, 0.25) is 0 Å². The number of fused-ring (bicyclic) bond motifs is 4. The molecule has 10 rings (SSSR count). The Hall–Kier alpha value is -8.12. The smallest absolute Gasteiger partial charge is 0.419 e. The third-order valence-corrected chi connectivity index (χ3v) is 11.9. The van der Waals surface area contributed by atoms with Crippen LogP contribution in [0.15, 0.2) is 84.9 Å². The summed E-state index contributed by atoms with van der Waals surface area (Å²) in [6, 6.07) is 30.5. The molecule has 6 heterocycles. The summed E-state index contributed by atoms with van der Waals surface area (Å²) in [4.78, 5) is 56.0. The molecule has 4 aromatic heterocycles. The molecule has 0 radical (unpaired) electrons. The molecule has 346 valence electrons. The summed E-state index contributed by atoms with van der Waals surface area (Å²) in [6.07, 6.45) is 0.225. The highest BCUT2D eigenvalue weighted by molar-refractivity contribution is 6.02. The lowest BCUT2D eigenvalue weighted by atomic mass is 10.1. The molecule has 4 aromatic carbocycles. The molecular formula is C51H52N12O5. The molecule has 17 nitrogen and oxygen atoms in total. The molecular weight excluding hydrogens is 861 g/mol. The van der Waals surface area contributed by atoms with Gasteiger partial charge in [0.2, 0.25) is 11.8 Å². The van der Waals surface area contributed by atoms with Gasteiger partial charge in [0.05, 0.1) is 51.2 Å². The van der Waals surface area contributed by atoms with Gasteiger partial charge in [0.1, 0.15) is 23.3 Å². The maximum atomic E-state index is 13.0. The highest BCUT2D eigenvalue weighted by atomic mass is 16.6. The number of aromatic amines is 3. The number of hydrogen-bond acceptors (Lipinski definition) is 11. The second-order valence-corrected chi connectivity index (χ2v) is 17.8. The van der Waals surface area contributed by atoms with E-state index in [1.54, 1.807) is 77.1 Å². The van der Waals surface area contributed by atoms with Gasteiger partial charge in [-0.15, -0.1) is 0 Å². The van der Waals surface area contributed by atoms with Crippen molar-refractivity contribution in [1.82, 2.24) is 50.0 Å². The van der Waals surface area contributed by atoms with E-state index >= 15 is 0 Å². The number of hydrogen-bond donors (Lipinski definition) is 4. The van der Waals surface area contributed by atoms with Crippen LogP contribution in [0.25, 0.3) is 66.4 Å². The van der Waals surface area contributed by atoms with Gasteiger partial charge < -0.3 is 24.8 Å². The summed E-state index contributed by atoms with van der Waals surface area (Å²) in [5.74, 6) is 0.349. The predicted molar refractivity (Wildman–Crippen MR) is 260 cm³/mol. The van der Waals surface area contributed by atoms with Gasteiger partial charge in [0.25, 0.3) is 0 Å². The van der Waals surface area contributed by atoms with Crippen LogP contribution < -0.4 is 5.32 Å². The van der Waals surface area contributed by atoms with Crippen molar-refractivity contribution in [2.75, 3.05) is 52.4 Å². The average molecular weight is 913 g/mol. The van der Waals surface area contributed by atoms with Crippen LogP contribution in [-0.2, 0) is 20.9 Å². The van der Waals surface area contributed by atoms with Crippen molar-refractivity contribution in [3.05, 3.63) is 107 Å². The van der Waals surface area contributed by atoms with E-state index in [0.29, 0.717) is 39.1 Å². The monoisotopic (exact) mass is 912 g/mol. The van der Waals surface area contributed by atoms with E-state index in [1.807, 2.05) is 28.0 Å². The molecule has 0 aliphatic carbocycles. The SMILES string of the molecule is CC(=O)N1CCN(Cc2ccc3[nH]c(-c4n[nH]c5cc(C#N)ccc45)cc3c2)CC1.CC(=O)N1CCNCC1.CC(C)(C)OC(=O)n1c(-c2n[nH]c3cc(C#N)ccc23)cc2cc(C=O)ccc21. The number of carbonyl (C=O) groups is 4. The topological polar surface area (TPSA) is 225 Å². The molecule has 2 saturated heterocycles. The molecule has 2 amide bonds. The first-order valence-electron chi connectivity index (χ1n) is 22.4. The van der Waals surface area contributed by atoms with Crippen molar-refractivity contribution in [2.45, 2.75) is 46.8 Å². The molecule has 17 heteroatoms. The predicted octanol–water partition coefficient (Wildman–Crippen LogP) is 7.34. The number of ether oxygens (including phenoxy) is 1. The molecule has 2 aliphatic rings. The largest absolute Gasteiger partial charge is 0.443 e. The van der Waals surface area contributed by atoms with Gasteiger partial charge in [-0.3, -0.25) is 29.5 Å². The highest BCUT2D eigenvalue weighted by Crippen LogP contribution is 2.34. The van der Waals surface area contributed by atoms with Crippen LogP contribution in [0.1, 0.15) is 61.7 Å². The zero-order chi connectivity index (χ0) is 48.1. The summed E-state index contributed by atoms with van der Waals surface area (Å²) >= 11 is 0. The third-order valence-electron chi connectivity index (χ3n) is 11.9. The van der Waals surface area contributed by atoms with Gasteiger partial charge in [0.15, 0.2) is 0 Å². The zero-order valence-electron chi connectivity index (χ0n) is 38.6. The summed E-state index contributed by atoms with van der Waals surface area (Å²) in [5.41, 5.74) is 8.34. The third kappa shape index (κ3) is 10.3. The standard InChI is InChI=1S/C23H22N6O.C22H18N4O3.C6H12N2O/c1-15(30)29-8-6-28(7-9-29)14-17-3-5-20-18(10-17)12-22(25-20)23-19-4-2-16(13-24)11-21(19)26-27-23;1-22(2,3)29-21(28)26-18-7-5-14(12-27)8-15(18)10-19(26)20-16-6-4-13(11-23)9-17(16)24-25-20;1-6(9)8-4-2-7-3-5-8/h2-5,10-12,25H,6-9,14H2,1H3,(H,26,27);4-10,12H,1-3H3,(H,24,25);7H,2-5H2,1H3. The second kappa shape index (κ2) is 19.8.